The second-order valence-corrected chi connectivity index (χ2v) is 10.7. The molecule has 0 bridgehead atoms. The number of carboxylic acids is 1. The van der Waals surface area contributed by atoms with E-state index in [1.54, 1.807) is 26.0 Å². The number of para-hydroxylation sites is 1. The summed E-state index contributed by atoms with van der Waals surface area (Å²) in [6.45, 7) is 3.77. The van der Waals surface area contributed by atoms with Gasteiger partial charge in [-0.05, 0) is 56.7 Å². The molecule has 250 valence electrons. The number of nitrogen functional groups attached to an aromatic ring is 1. The van der Waals surface area contributed by atoms with Crippen molar-refractivity contribution in [1.29, 1.82) is 0 Å². The summed E-state index contributed by atoms with van der Waals surface area (Å²) >= 11 is 0. The fourth-order valence-corrected chi connectivity index (χ4v) is 4.10. The fourth-order valence-electron chi connectivity index (χ4n) is 4.10. The molecule has 0 spiro atoms. The average Bonchev–Trinajstić information content (AvgIpc) is 2.96. The van der Waals surface area contributed by atoms with Crippen LogP contribution in [0.5, 0.6) is 0 Å². The van der Waals surface area contributed by atoms with Gasteiger partial charge in [0, 0.05) is 12.2 Å². The molecule has 1 rings (SSSR count). The molecule has 17 nitrogen and oxygen atoms in total. The third-order valence-electron chi connectivity index (χ3n) is 6.59. The lowest BCUT2D eigenvalue weighted by Gasteiger charge is -2.26. The molecule has 0 unspecified atom stereocenters. The van der Waals surface area contributed by atoms with Crippen molar-refractivity contribution in [2.45, 2.75) is 76.5 Å². The SMILES string of the molecule is CC(C)[C@H](NC(=O)[C@H](CC(=O)O)NC(=O)[C@H](CCCCN)NC(=O)[C@@H](N)CCCN=C(N)N)C(=O)NC(=O)c1ccccc1N. The number of carbonyl (C=O) groups is 6. The van der Waals surface area contributed by atoms with E-state index in [1.165, 1.54) is 12.1 Å². The van der Waals surface area contributed by atoms with Gasteiger partial charge in [0.2, 0.25) is 23.6 Å². The molecule has 15 N–H and O–H groups in total. The van der Waals surface area contributed by atoms with Gasteiger partial charge in [-0.2, -0.15) is 0 Å². The van der Waals surface area contributed by atoms with E-state index >= 15 is 0 Å². The Morgan fingerprint density at radius 2 is 1.47 bits per heavy atom. The van der Waals surface area contributed by atoms with Crippen molar-refractivity contribution in [2.24, 2.45) is 33.8 Å². The number of rotatable bonds is 19. The Morgan fingerprint density at radius 1 is 0.844 bits per heavy atom. The Labute approximate surface area is 261 Å². The van der Waals surface area contributed by atoms with Crippen molar-refractivity contribution >= 4 is 47.2 Å². The lowest BCUT2D eigenvalue weighted by Crippen LogP contribution is -2.59. The summed E-state index contributed by atoms with van der Waals surface area (Å²) in [5.41, 5.74) is 28.1. The lowest BCUT2D eigenvalue weighted by atomic mass is 10.0. The Balaban J connectivity index is 3.04. The largest absolute Gasteiger partial charge is 0.481 e. The van der Waals surface area contributed by atoms with Crippen molar-refractivity contribution < 1.29 is 33.9 Å². The molecule has 0 aliphatic carbocycles. The van der Waals surface area contributed by atoms with Crippen molar-refractivity contribution in [2.75, 3.05) is 18.8 Å². The van der Waals surface area contributed by atoms with E-state index in [0.717, 1.165) is 0 Å². The van der Waals surface area contributed by atoms with Crippen LogP contribution in [-0.4, -0.2) is 83.8 Å². The van der Waals surface area contributed by atoms with Gasteiger partial charge in [0.05, 0.1) is 18.0 Å². The molecule has 1 aromatic carbocycles. The van der Waals surface area contributed by atoms with E-state index in [0.29, 0.717) is 25.8 Å². The minimum atomic E-state index is -1.63. The van der Waals surface area contributed by atoms with Gasteiger partial charge >= 0.3 is 5.97 Å². The quantitative estimate of drug-likeness (QED) is 0.0330. The van der Waals surface area contributed by atoms with Crippen LogP contribution in [0.15, 0.2) is 29.3 Å². The van der Waals surface area contributed by atoms with Crippen LogP contribution in [0.1, 0.15) is 62.7 Å². The van der Waals surface area contributed by atoms with Crippen molar-refractivity contribution in [3.05, 3.63) is 29.8 Å². The molecule has 0 aliphatic heterocycles. The summed E-state index contributed by atoms with van der Waals surface area (Å²) in [7, 11) is 0. The van der Waals surface area contributed by atoms with Gasteiger partial charge in [-0.15, -0.1) is 0 Å². The molecular weight excluding hydrogens is 588 g/mol. The summed E-state index contributed by atoms with van der Waals surface area (Å²) < 4.78 is 0. The number of aliphatic carboxylic acids is 1. The highest BCUT2D eigenvalue weighted by Gasteiger charge is 2.33. The first-order valence-corrected chi connectivity index (χ1v) is 14.5. The maximum absolute atomic E-state index is 13.3. The monoisotopic (exact) mass is 634 g/mol. The molecule has 0 heterocycles. The fraction of sp³-hybridized carbons (Fsp3) is 0.536. The first kappa shape index (κ1) is 38.3. The zero-order chi connectivity index (χ0) is 34.1. The minimum absolute atomic E-state index is 0.0481. The van der Waals surface area contributed by atoms with E-state index in [4.69, 9.17) is 28.7 Å². The minimum Gasteiger partial charge on any atom is -0.481 e. The molecule has 0 aliphatic rings. The maximum Gasteiger partial charge on any atom is 0.305 e. The highest BCUT2D eigenvalue weighted by Crippen LogP contribution is 2.11. The van der Waals surface area contributed by atoms with Crippen LogP contribution in [0.25, 0.3) is 0 Å². The summed E-state index contributed by atoms with van der Waals surface area (Å²) in [5.74, 6) is -6.20. The van der Waals surface area contributed by atoms with Crippen LogP contribution in [0.3, 0.4) is 0 Å². The third-order valence-corrected chi connectivity index (χ3v) is 6.59. The second-order valence-electron chi connectivity index (χ2n) is 10.7. The van der Waals surface area contributed by atoms with Gasteiger partial charge in [0.25, 0.3) is 5.91 Å². The number of carboxylic acid groups (broad SMARTS) is 1. The predicted octanol–water partition coefficient (Wildman–Crippen LogP) is -2.38. The summed E-state index contributed by atoms with van der Waals surface area (Å²) in [5, 5.41) is 19.0. The van der Waals surface area contributed by atoms with Crippen molar-refractivity contribution in [1.82, 2.24) is 21.3 Å². The molecule has 0 radical (unpaired) electrons. The first-order chi connectivity index (χ1) is 21.2. The van der Waals surface area contributed by atoms with E-state index in [2.05, 4.69) is 26.3 Å². The van der Waals surface area contributed by atoms with Crippen LogP contribution in [0.4, 0.5) is 5.69 Å². The Bertz CT molecular complexity index is 1220. The molecule has 5 amide bonds. The van der Waals surface area contributed by atoms with E-state index in [1.807, 2.05) is 0 Å². The third kappa shape index (κ3) is 14.0. The smallest absolute Gasteiger partial charge is 0.305 e. The molecule has 0 fully saturated rings. The number of carbonyl (C=O) groups excluding carboxylic acids is 5. The Kier molecular flexibility index (Phi) is 16.6. The van der Waals surface area contributed by atoms with Crippen LogP contribution in [-0.2, 0) is 24.0 Å². The number of nitrogens with two attached hydrogens (primary N) is 5. The number of nitrogens with one attached hydrogen (secondary N) is 4. The maximum atomic E-state index is 13.3. The molecule has 17 heteroatoms. The molecule has 0 saturated carbocycles. The molecule has 45 heavy (non-hydrogen) atoms. The second kappa shape index (κ2) is 19.5. The number of guanidine groups is 1. The van der Waals surface area contributed by atoms with Gasteiger partial charge in [-0.3, -0.25) is 39.1 Å². The summed E-state index contributed by atoms with van der Waals surface area (Å²) in [6, 6.07) is 0.989. The highest BCUT2D eigenvalue weighted by atomic mass is 16.4. The van der Waals surface area contributed by atoms with Gasteiger partial charge in [-0.25, -0.2) is 0 Å². The topological polar surface area (TPSA) is 313 Å². The average molecular weight is 635 g/mol. The Morgan fingerprint density at radius 3 is 2.04 bits per heavy atom. The number of nitrogens with zero attached hydrogens (tertiary/aromatic N) is 1. The van der Waals surface area contributed by atoms with Gasteiger partial charge in [-0.1, -0.05) is 26.0 Å². The number of benzene rings is 1. The van der Waals surface area contributed by atoms with Crippen molar-refractivity contribution in [3.8, 4) is 0 Å². The molecule has 0 aromatic heterocycles. The first-order valence-electron chi connectivity index (χ1n) is 14.5. The number of imide groups is 1. The van der Waals surface area contributed by atoms with E-state index in [-0.39, 0.29) is 36.6 Å². The van der Waals surface area contributed by atoms with Gasteiger partial charge < -0.3 is 49.7 Å². The number of anilines is 1. The van der Waals surface area contributed by atoms with E-state index < -0.39 is 72.0 Å². The predicted molar refractivity (Wildman–Crippen MR) is 167 cm³/mol. The molecular formula is C28H46N10O7. The molecule has 1 aromatic rings. The van der Waals surface area contributed by atoms with Crippen LogP contribution >= 0.6 is 0 Å². The number of amides is 5. The number of unbranched alkanes of at least 4 members (excludes halogenated alkanes) is 1. The van der Waals surface area contributed by atoms with Crippen LogP contribution < -0.4 is 49.9 Å². The lowest BCUT2D eigenvalue weighted by molar-refractivity contribution is -0.141. The zero-order valence-electron chi connectivity index (χ0n) is 25.6. The summed E-state index contributed by atoms with van der Waals surface area (Å²) in [6.07, 6.45) is 0.853. The zero-order valence-corrected chi connectivity index (χ0v) is 25.6. The molecule has 4 atom stereocenters. The normalized spacial score (nSPS) is 13.4. The number of hydrogen-bond donors (Lipinski definition) is 10. The van der Waals surface area contributed by atoms with Gasteiger partial charge in [0.1, 0.15) is 18.1 Å². The number of aliphatic imine (C=N–C) groups is 1. The van der Waals surface area contributed by atoms with Gasteiger partial charge in [0.15, 0.2) is 5.96 Å². The Hall–Kier alpha value is -4.77. The van der Waals surface area contributed by atoms with Crippen LogP contribution in [0, 0.1) is 5.92 Å². The summed E-state index contributed by atoms with van der Waals surface area (Å²) in [4.78, 5) is 80.2. The number of hydrogen-bond acceptors (Lipinski definition) is 10. The van der Waals surface area contributed by atoms with Crippen molar-refractivity contribution in [3.63, 3.8) is 0 Å². The standard InChI is InChI=1S/C28H46N10O7/c1-15(2)22(27(45)38-23(41)16-8-3-4-9-17(16)30)37-26(44)20(14-21(39)40)36-25(43)19(11-5-6-12-29)35-24(42)18(31)10-7-13-34-28(32)33/h3-4,8-9,15,18-20,22H,5-7,10-14,29-31H2,1-2H3,(H,35,42)(H,36,43)(H,37,44)(H,39,40)(H4,32,33,34)(H,38,41,45)/t18-,19-,20-,22-/m0/s1. The highest BCUT2D eigenvalue weighted by molar-refractivity contribution is 6.09. The molecule has 0 saturated heterocycles. The van der Waals surface area contributed by atoms with Crippen LogP contribution in [0.2, 0.25) is 0 Å². The van der Waals surface area contributed by atoms with E-state index in [9.17, 15) is 33.9 Å².